The quantitative estimate of drug-likeness (QED) is 0.641. The Balaban J connectivity index is 3.47. The third kappa shape index (κ3) is 9.66. The molecule has 0 aromatic rings. The molecule has 0 fully saturated rings. The maximum absolute atomic E-state index is 11.5. The smallest absolute Gasteiger partial charge is 0.317 e. The second-order valence-electron chi connectivity index (χ2n) is 4.71. The fraction of sp³-hybridized carbons (Fsp3) is 0.833. The molecule has 0 saturated carbocycles. The summed E-state index contributed by atoms with van der Waals surface area (Å²) >= 11 is 0. The zero-order chi connectivity index (χ0) is 13.3. The van der Waals surface area contributed by atoms with Gasteiger partial charge in [0.05, 0.1) is 0 Å². The molecule has 100 valence electrons. The average molecular weight is 244 g/mol. The molecule has 2 N–H and O–H groups in total. The Labute approximate surface area is 103 Å². The van der Waals surface area contributed by atoms with E-state index in [9.17, 15) is 9.59 Å². The van der Waals surface area contributed by atoms with Crippen LogP contribution in [-0.4, -0.2) is 42.1 Å². The van der Waals surface area contributed by atoms with Crippen LogP contribution >= 0.6 is 0 Å². The van der Waals surface area contributed by atoms with Gasteiger partial charge in [-0.15, -0.1) is 0 Å². The number of carbonyl (C=O) groups is 2. The number of hydrogen-bond acceptors (Lipinski definition) is 2. The van der Waals surface area contributed by atoms with Gasteiger partial charge in [-0.05, 0) is 18.8 Å². The van der Waals surface area contributed by atoms with E-state index in [-0.39, 0.29) is 12.5 Å². The molecular weight excluding hydrogens is 220 g/mol. The van der Waals surface area contributed by atoms with E-state index in [1.165, 1.54) is 0 Å². The molecule has 0 aliphatic heterocycles. The molecule has 0 heterocycles. The summed E-state index contributed by atoms with van der Waals surface area (Å²) in [4.78, 5) is 23.5. The van der Waals surface area contributed by atoms with Gasteiger partial charge in [-0.1, -0.05) is 20.3 Å². The van der Waals surface area contributed by atoms with Gasteiger partial charge in [0.15, 0.2) is 0 Å². The zero-order valence-corrected chi connectivity index (χ0v) is 11.0. The number of amides is 2. The lowest BCUT2D eigenvalue weighted by molar-refractivity contribution is -0.137. The molecule has 17 heavy (non-hydrogen) atoms. The largest absolute Gasteiger partial charge is 0.481 e. The average Bonchev–Trinajstić information content (AvgIpc) is 2.21. The summed E-state index contributed by atoms with van der Waals surface area (Å²) in [5.74, 6) is -0.299. The van der Waals surface area contributed by atoms with Crippen LogP contribution in [0.1, 0.15) is 39.5 Å². The van der Waals surface area contributed by atoms with Crippen LogP contribution in [0.4, 0.5) is 4.79 Å². The summed E-state index contributed by atoms with van der Waals surface area (Å²) in [6.45, 7) is 5.48. The lowest BCUT2D eigenvalue weighted by Crippen LogP contribution is -2.39. The van der Waals surface area contributed by atoms with E-state index in [2.05, 4.69) is 19.2 Å². The molecule has 0 saturated heterocycles. The molecule has 0 aromatic heterocycles. The Hall–Kier alpha value is -1.26. The number of carboxylic acids is 1. The highest BCUT2D eigenvalue weighted by Gasteiger charge is 2.08. The van der Waals surface area contributed by atoms with Crippen LogP contribution in [0.15, 0.2) is 0 Å². The highest BCUT2D eigenvalue weighted by atomic mass is 16.4. The standard InChI is InChI=1S/C12H24N2O3/c1-10(2)9-14(3)12(17)13-8-6-4-5-7-11(15)16/h10H,4-9H2,1-3H3,(H,13,17)(H,15,16). The normalized spacial score (nSPS) is 10.4. The van der Waals surface area contributed by atoms with Crippen LogP contribution in [0.25, 0.3) is 0 Å². The summed E-state index contributed by atoms with van der Waals surface area (Å²) in [7, 11) is 1.78. The number of urea groups is 1. The topological polar surface area (TPSA) is 69.6 Å². The van der Waals surface area contributed by atoms with Crippen LogP contribution in [0.5, 0.6) is 0 Å². The summed E-state index contributed by atoms with van der Waals surface area (Å²) < 4.78 is 0. The monoisotopic (exact) mass is 244 g/mol. The third-order valence-corrected chi connectivity index (χ3v) is 2.33. The first-order valence-electron chi connectivity index (χ1n) is 6.14. The lowest BCUT2D eigenvalue weighted by atomic mass is 10.2. The molecule has 0 unspecified atom stereocenters. The maximum atomic E-state index is 11.5. The van der Waals surface area contributed by atoms with Crippen LogP contribution < -0.4 is 5.32 Å². The predicted molar refractivity (Wildman–Crippen MR) is 67.0 cm³/mol. The molecule has 0 rings (SSSR count). The molecule has 0 aliphatic carbocycles. The van der Waals surface area contributed by atoms with Gasteiger partial charge in [0.2, 0.25) is 0 Å². The molecule has 5 heteroatoms. The van der Waals surface area contributed by atoms with Gasteiger partial charge in [0, 0.05) is 26.6 Å². The Morgan fingerprint density at radius 1 is 1.24 bits per heavy atom. The molecule has 0 atom stereocenters. The molecule has 0 radical (unpaired) electrons. The molecule has 0 bridgehead atoms. The van der Waals surface area contributed by atoms with Crippen molar-refractivity contribution in [3.8, 4) is 0 Å². The summed E-state index contributed by atoms with van der Waals surface area (Å²) in [6, 6.07) is -0.0584. The third-order valence-electron chi connectivity index (χ3n) is 2.33. The second kappa shape index (κ2) is 8.84. The first-order chi connectivity index (χ1) is 7.93. The summed E-state index contributed by atoms with van der Waals surface area (Å²) in [6.07, 6.45) is 2.54. The van der Waals surface area contributed by atoms with Crippen molar-refractivity contribution in [2.75, 3.05) is 20.1 Å². The van der Waals surface area contributed by atoms with Gasteiger partial charge in [-0.2, -0.15) is 0 Å². The first kappa shape index (κ1) is 15.7. The summed E-state index contributed by atoms with van der Waals surface area (Å²) in [5.41, 5.74) is 0. The number of carboxylic acid groups (broad SMARTS) is 1. The van der Waals surface area contributed by atoms with Gasteiger partial charge in [-0.25, -0.2) is 4.79 Å². The minimum absolute atomic E-state index is 0.0584. The Morgan fingerprint density at radius 2 is 1.88 bits per heavy atom. The van der Waals surface area contributed by atoms with E-state index < -0.39 is 5.97 Å². The van der Waals surface area contributed by atoms with Crippen molar-refractivity contribution in [3.63, 3.8) is 0 Å². The Bertz CT molecular complexity index is 242. The fourth-order valence-electron chi connectivity index (χ4n) is 1.54. The van der Waals surface area contributed by atoms with E-state index in [1.54, 1.807) is 11.9 Å². The Kier molecular flexibility index (Phi) is 8.19. The lowest BCUT2D eigenvalue weighted by Gasteiger charge is -2.19. The van der Waals surface area contributed by atoms with Crippen LogP contribution in [-0.2, 0) is 4.79 Å². The van der Waals surface area contributed by atoms with Crippen molar-refractivity contribution < 1.29 is 14.7 Å². The van der Waals surface area contributed by atoms with E-state index in [0.717, 1.165) is 19.4 Å². The fourth-order valence-corrected chi connectivity index (χ4v) is 1.54. The maximum Gasteiger partial charge on any atom is 0.317 e. The van der Waals surface area contributed by atoms with Gasteiger partial charge >= 0.3 is 12.0 Å². The SMILES string of the molecule is CC(C)CN(C)C(=O)NCCCCCC(=O)O. The van der Waals surface area contributed by atoms with Crippen LogP contribution in [0.2, 0.25) is 0 Å². The highest BCUT2D eigenvalue weighted by Crippen LogP contribution is 1.99. The van der Waals surface area contributed by atoms with Crippen LogP contribution in [0.3, 0.4) is 0 Å². The van der Waals surface area contributed by atoms with Crippen molar-refractivity contribution in [1.29, 1.82) is 0 Å². The summed E-state index contributed by atoms with van der Waals surface area (Å²) in [5, 5.41) is 11.3. The highest BCUT2D eigenvalue weighted by molar-refractivity contribution is 5.73. The van der Waals surface area contributed by atoms with E-state index >= 15 is 0 Å². The van der Waals surface area contributed by atoms with E-state index in [0.29, 0.717) is 18.9 Å². The van der Waals surface area contributed by atoms with Crippen molar-refractivity contribution in [2.45, 2.75) is 39.5 Å². The first-order valence-corrected chi connectivity index (χ1v) is 6.14. The molecule has 0 aliphatic rings. The van der Waals surface area contributed by atoms with Gasteiger partial charge < -0.3 is 15.3 Å². The van der Waals surface area contributed by atoms with Gasteiger partial charge in [0.25, 0.3) is 0 Å². The molecule has 0 aromatic carbocycles. The number of hydrogen-bond donors (Lipinski definition) is 2. The number of nitrogens with zero attached hydrogens (tertiary/aromatic N) is 1. The van der Waals surface area contributed by atoms with E-state index in [4.69, 9.17) is 5.11 Å². The van der Waals surface area contributed by atoms with Gasteiger partial charge in [0.1, 0.15) is 0 Å². The van der Waals surface area contributed by atoms with Crippen molar-refractivity contribution in [1.82, 2.24) is 10.2 Å². The van der Waals surface area contributed by atoms with Crippen LogP contribution in [0, 0.1) is 5.92 Å². The number of rotatable bonds is 8. The Morgan fingerprint density at radius 3 is 2.41 bits per heavy atom. The molecule has 0 spiro atoms. The number of unbranched alkanes of at least 4 members (excludes halogenated alkanes) is 2. The zero-order valence-electron chi connectivity index (χ0n) is 11.0. The van der Waals surface area contributed by atoms with Crippen molar-refractivity contribution in [3.05, 3.63) is 0 Å². The number of aliphatic carboxylic acids is 1. The van der Waals surface area contributed by atoms with Gasteiger partial charge in [-0.3, -0.25) is 4.79 Å². The molecule has 5 nitrogen and oxygen atoms in total. The second-order valence-corrected chi connectivity index (χ2v) is 4.71. The molecular formula is C12H24N2O3. The van der Waals surface area contributed by atoms with E-state index in [1.807, 2.05) is 0 Å². The number of carbonyl (C=O) groups excluding carboxylic acids is 1. The molecule has 2 amide bonds. The minimum atomic E-state index is -0.759. The minimum Gasteiger partial charge on any atom is -0.481 e. The number of nitrogens with one attached hydrogen (secondary N) is 1. The van der Waals surface area contributed by atoms with Crippen molar-refractivity contribution >= 4 is 12.0 Å². The predicted octanol–water partition coefficient (Wildman–Crippen LogP) is 1.93. The van der Waals surface area contributed by atoms with Crippen molar-refractivity contribution in [2.24, 2.45) is 5.92 Å².